The number of aryl methyl sites for hydroxylation is 1. The van der Waals surface area contributed by atoms with Crippen molar-refractivity contribution in [2.45, 2.75) is 40.5 Å². The number of H-pyrrole nitrogens is 1. The Morgan fingerprint density at radius 3 is 2.58 bits per heavy atom. The van der Waals surface area contributed by atoms with Gasteiger partial charge in [0.15, 0.2) is 0 Å². The minimum Gasteiger partial charge on any atom is -0.427 e. The van der Waals surface area contributed by atoms with Crippen LogP contribution in [0.25, 0.3) is 0 Å². The van der Waals surface area contributed by atoms with Crippen molar-refractivity contribution in [2.75, 3.05) is 6.79 Å². The molecule has 0 saturated heterocycles. The van der Waals surface area contributed by atoms with Crippen LogP contribution in [-0.4, -0.2) is 28.7 Å². The van der Waals surface area contributed by atoms with Gasteiger partial charge < -0.3 is 14.5 Å². The summed E-state index contributed by atoms with van der Waals surface area (Å²) in [6.45, 7) is 6.80. The molecule has 0 spiro atoms. The van der Waals surface area contributed by atoms with E-state index in [-0.39, 0.29) is 5.69 Å². The van der Waals surface area contributed by atoms with Crippen LogP contribution in [0, 0.1) is 5.41 Å². The normalized spacial score (nSPS) is 11.2. The van der Waals surface area contributed by atoms with Gasteiger partial charge in [0.2, 0.25) is 6.79 Å². The van der Waals surface area contributed by atoms with Crippen molar-refractivity contribution in [3.05, 3.63) is 17.7 Å². The summed E-state index contributed by atoms with van der Waals surface area (Å²) in [5.41, 5.74) is -0.357. The van der Waals surface area contributed by atoms with Gasteiger partial charge >= 0.3 is 11.9 Å². The predicted octanol–water partition coefficient (Wildman–Crippen LogP) is 2.07. The lowest BCUT2D eigenvalue weighted by Crippen LogP contribution is -2.24. The molecule has 0 radical (unpaired) electrons. The number of ether oxygens (including phenoxy) is 2. The molecule has 19 heavy (non-hydrogen) atoms. The van der Waals surface area contributed by atoms with Crippen molar-refractivity contribution in [3.8, 4) is 0 Å². The number of carbonyl (C=O) groups excluding carboxylic acids is 2. The Morgan fingerprint density at radius 2 is 2.00 bits per heavy atom. The number of hydrogen-bond acceptors (Lipinski definition) is 5. The number of hydrogen-bond donors (Lipinski definition) is 1. The lowest BCUT2D eigenvalue weighted by Gasteiger charge is -2.16. The average Bonchev–Trinajstić information content (AvgIpc) is 2.76. The van der Waals surface area contributed by atoms with Gasteiger partial charge in [-0.15, -0.1) is 0 Å². The first-order valence-electron chi connectivity index (χ1n) is 6.22. The number of nitrogens with zero attached hydrogens (tertiary/aromatic N) is 1. The van der Waals surface area contributed by atoms with Crippen molar-refractivity contribution in [2.24, 2.45) is 5.41 Å². The summed E-state index contributed by atoms with van der Waals surface area (Å²) in [6.07, 6.45) is 3.12. The van der Waals surface area contributed by atoms with Crippen LogP contribution in [0.5, 0.6) is 0 Å². The number of aromatic nitrogens is 2. The second-order valence-electron chi connectivity index (χ2n) is 5.23. The van der Waals surface area contributed by atoms with Crippen molar-refractivity contribution in [1.29, 1.82) is 0 Å². The van der Waals surface area contributed by atoms with E-state index in [9.17, 15) is 9.59 Å². The molecule has 106 valence electrons. The Balaban J connectivity index is 2.41. The zero-order valence-corrected chi connectivity index (χ0v) is 11.8. The van der Waals surface area contributed by atoms with E-state index in [0.717, 1.165) is 18.7 Å². The molecule has 6 heteroatoms. The van der Waals surface area contributed by atoms with Gasteiger partial charge in [0, 0.05) is 6.42 Å². The minimum atomic E-state index is -0.616. The van der Waals surface area contributed by atoms with E-state index in [1.165, 1.54) is 6.20 Å². The van der Waals surface area contributed by atoms with E-state index in [0.29, 0.717) is 0 Å². The summed E-state index contributed by atoms with van der Waals surface area (Å²) < 4.78 is 9.67. The summed E-state index contributed by atoms with van der Waals surface area (Å²) >= 11 is 0. The first kappa shape index (κ1) is 15.2. The van der Waals surface area contributed by atoms with Crippen LogP contribution in [0.3, 0.4) is 0 Å². The van der Waals surface area contributed by atoms with E-state index in [1.807, 2.05) is 6.92 Å². The lowest BCUT2D eigenvalue weighted by molar-refractivity contribution is -0.161. The smallest absolute Gasteiger partial charge is 0.359 e. The number of aromatic amines is 1. The molecule has 1 N–H and O–H groups in total. The molecule has 0 unspecified atom stereocenters. The van der Waals surface area contributed by atoms with E-state index < -0.39 is 24.1 Å². The highest BCUT2D eigenvalue weighted by Crippen LogP contribution is 2.15. The topological polar surface area (TPSA) is 81.3 Å². The van der Waals surface area contributed by atoms with Gasteiger partial charge in [-0.3, -0.25) is 4.79 Å². The highest BCUT2D eigenvalue weighted by Gasteiger charge is 2.23. The fraction of sp³-hybridized carbons (Fsp3) is 0.615. The maximum Gasteiger partial charge on any atom is 0.359 e. The zero-order chi connectivity index (χ0) is 14.5. The summed E-state index contributed by atoms with van der Waals surface area (Å²) in [7, 11) is 0. The fourth-order valence-corrected chi connectivity index (χ4v) is 1.26. The molecule has 1 heterocycles. The second kappa shape index (κ2) is 6.36. The molecule has 6 nitrogen and oxygen atoms in total. The van der Waals surface area contributed by atoms with E-state index in [1.54, 1.807) is 20.8 Å². The first-order valence-corrected chi connectivity index (χ1v) is 6.22. The molecular weight excluding hydrogens is 248 g/mol. The van der Waals surface area contributed by atoms with E-state index in [2.05, 4.69) is 9.97 Å². The van der Waals surface area contributed by atoms with Crippen LogP contribution < -0.4 is 0 Å². The van der Waals surface area contributed by atoms with Crippen LogP contribution in [0.15, 0.2) is 6.20 Å². The standard InChI is InChI=1S/C13H20N2O4/c1-5-6-10-14-7-9(15-10)11(16)18-8-19-12(17)13(2,3)4/h7H,5-6,8H2,1-4H3,(H,14,15). The Hall–Kier alpha value is -1.85. The molecule has 1 aromatic rings. The van der Waals surface area contributed by atoms with Crippen molar-refractivity contribution >= 4 is 11.9 Å². The highest BCUT2D eigenvalue weighted by molar-refractivity contribution is 5.87. The molecule has 0 aliphatic heterocycles. The average molecular weight is 268 g/mol. The Morgan fingerprint density at radius 1 is 1.32 bits per heavy atom. The molecule has 0 aliphatic rings. The summed E-state index contributed by atoms with van der Waals surface area (Å²) in [5, 5.41) is 0. The fourth-order valence-electron chi connectivity index (χ4n) is 1.26. The van der Waals surface area contributed by atoms with Gasteiger partial charge in [0.1, 0.15) is 11.5 Å². The Kier molecular flexibility index (Phi) is 5.09. The second-order valence-corrected chi connectivity index (χ2v) is 5.23. The molecule has 0 fully saturated rings. The van der Waals surface area contributed by atoms with E-state index >= 15 is 0 Å². The van der Waals surface area contributed by atoms with Crippen molar-refractivity contribution in [1.82, 2.24) is 9.97 Å². The minimum absolute atomic E-state index is 0.259. The number of carbonyl (C=O) groups is 2. The molecule has 0 aromatic carbocycles. The summed E-state index contributed by atoms with van der Waals surface area (Å²) in [6, 6.07) is 0. The van der Waals surface area contributed by atoms with Crippen LogP contribution in [0.1, 0.15) is 50.4 Å². The molecule has 0 saturated carbocycles. The van der Waals surface area contributed by atoms with Crippen LogP contribution in [-0.2, 0) is 20.7 Å². The Labute approximate surface area is 112 Å². The zero-order valence-electron chi connectivity index (χ0n) is 11.8. The number of esters is 2. The van der Waals surface area contributed by atoms with Crippen molar-refractivity contribution < 1.29 is 19.1 Å². The van der Waals surface area contributed by atoms with Crippen molar-refractivity contribution in [3.63, 3.8) is 0 Å². The number of nitrogens with one attached hydrogen (secondary N) is 1. The van der Waals surface area contributed by atoms with Gasteiger partial charge in [-0.2, -0.15) is 0 Å². The van der Waals surface area contributed by atoms with Crippen LogP contribution in [0.4, 0.5) is 0 Å². The molecule has 0 amide bonds. The van der Waals surface area contributed by atoms with Gasteiger partial charge in [-0.1, -0.05) is 6.92 Å². The van der Waals surface area contributed by atoms with Gasteiger partial charge in [0.25, 0.3) is 0 Å². The van der Waals surface area contributed by atoms with Crippen LogP contribution in [0.2, 0.25) is 0 Å². The lowest BCUT2D eigenvalue weighted by atomic mass is 9.98. The molecule has 1 rings (SSSR count). The van der Waals surface area contributed by atoms with Gasteiger partial charge in [-0.05, 0) is 27.2 Å². The Bertz CT molecular complexity index is 446. The largest absolute Gasteiger partial charge is 0.427 e. The van der Waals surface area contributed by atoms with Gasteiger partial charge in [0.05, 0.1) is 11.6 Å². The quantitative estimate of drug-likeness (QED) is 0.653. The maximum atomic E-state index is 11.6. The molecule has 0 bridgehead atoms. The monoisotopic (exact) mass is 268 g/mol. The highest BCUT2D eigenvalue weighted by atomic mass is 16.7. The third-order valence-corrected chi connectivity index (χ3v) is 2.33. The summed E-state index contributed by atoms with van der Waals surface area (Å²) in [5.74, 6) is -0.269. The predicted molar refractivity (Wildman–Crippen MR) is 68.4 cm³/mol. The molecule has 0 aliphatic carbocycles. The van der Waals surface area contributed by atoms with Crippen LogP contribution >= 0.6 is 0 Å². The number of imidazole rings is 1. The molecule has 0 atom stereocenters. The first-order chi connectivity index (χ1) is 8.84. The summed E-state index contributed by atoms with van der Waals surface area (Å²) in [4.78, 5) is 29.9. The van der Waals surface area contributed by atoms with Gasteiger partial charge in [-0.25, -0.2) is 9.78 Å². The number of rotatable bonds is 5. The molecule has 1 aromatic heterocycles. The third kappa shape index (κ3) is 4.73. The maximum absolute atomic E-state index is 11.6. The SMILES string of the molecule is CCCc1ncc(C(=O)OCOC(=O)C(C)(C)C)[nH]1. The third-order valence-electron chi connectivity index (χ3n) is 2.33. The van der Waals surface area contributed by atoms with E-state index in [4.69, 9.17) is 9.47 Å². The molecular formula is C13H20N2O4.